The number of likely N-dealkylation sites (N-methyl/N-ethyl adjacent to an activating group) is 1. The highest BCUT2D eigenvalue weighted by atomic mass is 32.1. The third kappa shape index (κ3) is 5.04. The van der Waals surface area contributed by atoms with Crippen molar-refractivity contribution >= 4 is 11.3 Å². The van der Waals surface area contributed by atoms with Gasteiger partial charge in [0.15, 0.2) is 0 Å². The third-order valence-corrected chi connectivity index (χ3v) is 4.47. The van der Waals surface area contributed by atoms with Crippen LogP contribution < -0.4 is 5.32 Å². The molecule has 0 saturated carbocycles. The Kier molecular flexibility index (Phi) is 7.47. The van der Waals surface area contributed by atoms with Gasteiger partial charge in [-0.15, -0.1) is 11.3 Å². The summed E-state index contributed by atoms with van der Waals surface area (Å²) in [6.45, 7) is 13.3. The van der Waals surface area contributed by atoms with Crippen LogP contribution in [0.3, 0.4) is 0 Å². The SMILES string of the molecule is CCCNC(C)c1cnc(CCN(CC)CC)s1. The molecule has 1 N–H and O–H groups in total. The first-order valence-corrected chi connectivity index (χ1v) is 7.93. The quantitative estimate of drug-likeness (QED) is 0.746. The van der Waals surface area contributed by atoms with Crippen molar-refractivity contribution in [3.8, 4) is 0 Å². The van der Waals surface area contributed by atoms with Gasteiger partial charge in [-0.3, -0.25) is 0 Å². The topological polar surface area (TPSA) is 28.2 Å². The number of nitrogens with zero attached hydrogens (tertiary/aromatic N) is 2. The summed E-state index contributed by atoms with van der Waals surface area (Å²) >= 11 is 1.85. The minimum absolute atomic E-state index is 0.435. The highest BCUT2D eigenvalue weighted by molar-refractivity contribution is 7.11. The van der Waals surface area contributed by atoms with E-state index in [0.29, 0.717) is 6.04 Å². The van der Waals surface area contributed by atoms with Crippen LogP contribution in [0.2, 0.25) is 0 Å². The predicted molar refractivity (Wildman–Crippen MR) is 80.3 cm³/mol. The molecule has 104 valence electrons. The zero-order valence-corrected chi connectivity index (χ0v) is 13.0. The lowest BCUT2D eigenvalue weighted by molar-refractivity contribution is 0.308. The van der Waals surface area contributed by atoms with Crippen molar-refractivity contribution < 1.29 is 0 Å². The Balaban J connectivity index is 2.42. The van der Waals surface area contributed by atoms with Gasteiger partial charge in [0.05, 0.1) is 5.01 Å². The maximum absolute atomic E-state index is 4.54. The molecule has 0 amide bonds. The summed E-state index contributed by atoms with van der Waals surface area (Å²) in [5.41, 5.74) is 0. The van der Waals surface area contributed by atoms with Gasteiger partial charge in [0.25, 0.3) is 0 Å². The van der Waals surface area contributed by atoms with Crippen molar-refractivity contribution in [3.05, 3.63) is 16.1 Å². The number of aromatic nitrogens is 1. The van der Waals surface area contributed by atoms with E-state index >= 15 is 0 Å². The van der Waals surface area contributed by atoms with Crippen LogP contribution in [0.15, 0.2) is 6.20 Å². The Morgan fingerprint density at radius 1 is 1.33 bits per heavy atom. The molecule has 1 heterocycles. The van der Waals surface area contributed by atoms with Gasteiger partial charge in [-0.25, -0.2) is 4.98 Å². The molecule has 0 aliphatic rings. The van der Waals surface area contributed by atoms with Crippen molar-refractivity contribution in [3.63, 3.8) is 0 Å². The predicted octanol–water partition coefficient (Wildman–Crippen LogP) is 3.09. The molecule has 1 aromatic rings. The van der Waals surface area contributed by atoms with E-state index in [0.717, 1.165) is 32.6 Å². The molecule has 0 aliphatic carbocycles. The Hall–Kier alpha value is -0.450. The van der Waals surface area contributed by atoms with E-state index in [1.165, 1.54) is 16.3 Å². The molecule has 4 heteroatoms. The van der Waals surface area contributed by atoms with Crippen LogP contribution in [-0.2, 0) is 6.42 Å². The molecule has 1 atom stereocenters. The van der Waals surface area contributed by atoms with Gasteiger partial charge < -0.3 is 10.2 Å². The molecule has 1 rings (SSSR count). The maximum Gasteiger partial charge on any atom is 0.0941 e. The lowest BCUT2D eigenvalue weighted by Gasteiger charge is -2.16. The van der Waals surface area contributed by atoms with Crippen molar-refractivity contribution in [1.29, 1.82) is 0 Å². The number of hydrogen-bond donors (Lipinski definition) is 1. The Morgan fingerprint density at radius 2 is 2.06 bits per heavy atom. The maximum atomic E-state index is 4.54. The van der Waals surface area contributed by atoms with Crippen LogP contribution >= 0.6 is 11.3 Å². The van der Waals surface area contributed by atoms with Crippen LogP contribution in [-0.4, -0.2) is 36.1 Å². The molecule has 0 fully saturated rings. The Labute approximate surface area is 116 Å². The lowest BCUT2D eigenvalue weighted by Crippen LogP contribution is -2.25. The van der Waals surface area contributed by atoms with Gasteiger partial charge in [-0.2, -0.15) is 0 Å². The van der Waals surface area contributed by atoms with Crippen molar-refractivity contribution in [1.82, 2.24) is 15.2 Å². The average Bonchev–Trinajstić information content (AvgIpc) is 2.86. The van der Waals surface area contributed by atoms with Crippen LogP contribution in [0.4, 0.5) is 0 Å². The van der Waals surface area contributed by atoms with Gasteiger partial charge in [0.1, 0.15) is 0 Å². The highest BCUT2D eigenvalue weighted by Gasteiger charge is 2.09. The fourth-order valence-electron chi connectivity index (χ4n) is 1.90. The van der Waals surface area contributed by atoms with Crippen molar-refractivity contribution in [2.75, 3.05) is 26.2 Å². The molecular weight excluding hydrogens is 242 g/mol. The van der Waals surface area contributed by atoms with Gasteiger partial charge in [-0.1, -0.05) is 20.8 Å². The van der Waals surface area contributed by atoms with Crippen LogP contribution in [0.25, 0.3) is 0 Å². The molecule has 0 spiro atoms. The normalized spacial score (nSPS) is 13.2. The lowest BCUT2D eigenvalue weighted by atomic mass is 10.3. The summed E-state index contributed by atoms with van der Waals surface area (Å²) in [4.78, 5) is 8.34. The first-order chi connectivity index (χ1) is 8.71. The average molecular weight is 269 g/mol. The molecule has 0 radical (unpaired) electrons. The molecule has 0 bridgehead atoms. The van der Waals surface area contributed by atoms with E-state index in [1.807, 2.05) is 17.5 Å². The number of thiazole rings is 1. The summed E-state index contributed by atoms with van der Waals surface area (Å²) in [6.07, 6.45) is 4.29. The number of rotatable bonds is 9. The largest absolute Gasteiger partial charge is 0.309 e. The number of nitrogens with one attached hydrogen (secondary N) is 1. The van der Waals surface area contributed by atoms with Gasteiger partial charge in [0, 0.05) is 30.1 Å². The van der Waals surface area contributed by atoms with Crippen molar-refractivity contribution in [2.24, 2.45) is 0 Å². The van der Waals surface area contributed by atoms with E-state index in [2.05, 4.69) is 42.9 Å². The standard InChI is InChI=1S/C14H27N3S/c1-5-9-15-12(4)13-11-16-14(18-13)8-10-17(6-2)7-3/h11-12,15H,5-10H2,1-4H3. The molecule has 3 nitrogen and oxygen atoms in total. The first kappa shape index (κ1) is 15.6. The van der Waals surface area contributed by atoms with Crippen LogP contribution in [0.1, 0.15) is 50.0 Å². The molecule has 0 aromatic carbocycles. The van der Waals surface area contributed by atoms with E-state index in [9.17, 15) is 0 Å². The minimum atomic E-state index is 0.435. The fraction of sp³-hybridized carbons (Fsp3) is 0.786. The molecule has 0 saturated heterocycles. The monoisotopic (exact) mass is 269 g/mol. The smallest absolute Gasteiger partial charge is 0.0941 e. The second kappa shape index (κ2) is 8.62. The van der Waals surface area contributed by atoms with E-state index < -0.39 is 0 Å². The second-order valence-corrected chi connectivity index (χ2v) is 5.76. The first-order valence-electron chi connectivity index (χ1n) is 7.11. The van der Waals surface area contributed by atoms with Gasteiger partial charge in [0.2, 0.25) is 0 Å². The van der Waals surface area contributed by atoms with Crippen molar-refractivity contribution in [2.45, 2.75) is 46.6 Å². The summed E-state index contributed by atoms with van der Waals surface area (Å²) in [5, 5.41) is 4.77. The molecule has 0 aliphatic heterocycles. The summed E-state index contributed by atoms with van der Waals surface area (Å²) in [6, 6.07) is 0.435. The highest BCUT2D eigenvalue weighted by Crippen LogP contribution is 2.21. The van der Waals surface area contributed by atoms with E-state index in [1.54, 1.807) is 0 Å². The summed E-state index contributed by atoms with van der Waals surface area (Å²) in [7, 11) is 0. The molecule has 1 aromatic heterocycles. The summed E-state index contributed by atoms with van der Waals surface area (Å²) in [5.74, 6) is 0. The molecule has 18 heavy (non-hydrogen) atoms. The Morgan fingerprint density at radius 3 is 2.67 bits per heavy atom. The zero-order valence-electron chi connectivity index (χ0n) is 12.2. The van der Waals surface area contributed by atoms with E-state index in [-0.39, 0.29) is 0 Å². The number of hydrogen-bond acceptors (Lipinski definition) is 4. The van der Waals surface area contributed by atoms with Gasteiger partial charge in [-0.05, 0) is 33.0 Å². The van der Waals surface area contributed by atoms with Crippen LogP contribution in [0.5, 0.6) is 0 Å². The van der Waals surface area contributed by atoms with Crippen LogP contribution in [0, 0.1) is 0 Å². The molecular formula is C14H27N3S. The summed E-state index contributed by atoms with van der Waals surface area (Å²) < 4.78 is 0. The second-order valence-electron chi connectivity index (χ2n) is 4.61. The molecule has 1 unspecified atom stereocenters. The minimum Gasteiger partial charge on any atom is -0.309 e. The Bertz CT molecular complexity index is 321. The fourth-order valence-corrected chi connectivity index (χ4v) is 2.83. The third-order valence-electron chi connectivity index (χ3n) is 3.24. The van der Waals surface area contributed by atoms with Gasteiger partial charge >= 0.3 is 0 Å². The van der Waals surface area contributed by atoms with E-state index in [4.69, 9.17) is 0 Å². The zero-order chi connectivity index (χ0) is 13.4.